The number of amides is 1. The highest BCUT2D eigenvalue weighted by Crippen LogP contribution is 2.25. The van der Waals surface area contributed by atoms with Gasteiger partial charge in [0.1, 0.15) is 0 Å². The van der Waals surface area contributed by atoms with Crippen molar-refractivity contribution in [3.8, 4) is 5.69 Å². The molecule has 5 heteroatoms. The van der Waals surface area contributed by atoms with E-state index >= 15 is 0 Å². The molecule has 2 heterocycles. The monoisotopic (exact) mass is 403 g/mol. The van der Waals surface area contributed by atoms with Crippen LogP contribution in [0.4, 0.5) is 0 Å². The summed E-state index contributed by atoms with van der Waals surface area (Å²) in [6.07, 6.45) is 2.09. The van der Waals surface area contributed by atoms with Gasteiger partial charge >= 0.3 is 0 Å². The summed E-state index contributed by atoms with van der Waals surface area (Å²) < 4.78 is 3.20. The number of rotatable bonds is 3. The quantitative estimate of drug-likeness (QED) is 0.773. The number of likely N-dealkylation sites (tertiary alicyclic amines) is 1. The second kappa shape index (κ2) is 7.34. The van der Waals surface area contributed by atoms with Crippen LogP contribution < -0.4 is 0 Å². The summed E-state index contributed by atoms with van der Waals surface area (Å²) in [5.41, 5.74) is 3.99. The number of piperidine rings is 1. The molecule has 25 heavy (non-hydrogen) atoms. The predicted octanol–water partition coefficient (Wildman–Crippen LogP) is 4.02. The molecule has 0 aliphatic carbocycles. The van der Waals surface area contributed by atoms with Crippen molar-refractivity contribution in [3.05, 3.63) is 51.8 Å². The number of hydrogen-bond donors (Lipinski definition) is 0. The second-order valence-corrected chi connectivity index (χ2v) is 8.00. The third-order valence-corrected chi connectivity index (χ3v) is 5.70. The van der Waals surface area contributed by atoms with Crippen molar-refractivity contribution < 1.29 is 4.79 Å². The zero-order valence-electron chi connectivity index (χ0n) is 15.4. The average molecular weight is 404 g/mol. The fraction of sp³-hybridized carbons (Fsp3) is 0.450. The van der Waals surface area contributed by atoms with Crippen molar-refractivity contribution in [1.82, 2.24) is 14.4 Å². The van der Waals surface area contributed by atoms with E-state index in [1.807, 2.05) is 30.0 Å². The molecular weight excluding hydrogens is 378 g/mol. The zero-order chi connectivity index (χ0) is 18.1. The van der Waals surface area contributed by atoms with Crippen LogP contribution in [0.1, 0.15) is 34.6 Å². The normalized spacial score (nSPS) is 15.8. The molecule has 1 amide bonds. The van der Waals surface area contributed by atoms with Crippen LogP contribution in [0.2, 0.25) is 0 Å². The van der Waals surface area contributed by atoms with E-state index in [1.54, 1.807) is 0 Å². The van der Waals surface area contributed by atoms with Crippen molar-refractivity contribution in [3.63, 3.8) is 0 Å². The molecular formula is C20H26BrN3O. The number of benzene rings is 1. The molecule has 1 aliphatic rings. The van der Waals surface area contributed by atoms with Gasteiger partial charge in [0.05, 0.1) is 5.56 Å². The Morgan fingerprint density at radius 1 is 1.16 bits per heavy atom. The Balaban J connectivity index is 1.84. The lowest BCUT2D eigenvalue weighted by atomic mass is 10.0. The summed E-state index contributed by atoms with van der Waals surface area (Å²) in [6.45, 7) is 5.77. The molecule has 0 unspecified atom stereocenters. The highest BCUT2D eigenvalue weighted by Gasteiger charge is 2.27. The van der Waals surface area contributed by atoms with E-state index in [0.717, 1.165) is 53.0 Å². The maximum Gasteiger partial charge on any atom is 0.255 e. The summed E-state index contributed by atoms with van der Waals surface area (Å²) in [6, 6.07) is 10.8. The van der Waals surface area contributed by atoms with Crippen molar-refractivity contribution in [1.29, 1.82) is 0 Å². The molecule has 2 aromatic rings. The minimum atomic E-state index is 0.159. The third-order valence-electron chi connectivity index (χ3n) is 5.21. The van der Waals surface area contributed by atoms with Gasteiger partial charge in [-0.05, 0) is 65.0 Å². The number of nitrogens with zero attached hydrogens (tertiary/aromatic N) is 3. The van der Waals surface area contributed by atoms with E-state index in [9.17, 15) is 4.79 Å². The summed E-state index contributed by atoms with van der Waals surface area (Å²) in [7, 11) is 4.24. The van der Waals surface area contributed by atoms with Gasteiger partial charge in [-0.25, -0.2) is 0 Å². The summed E-state index contributed by atoms with van der Waals surface area (Å²) >= 11 is 3.53. The minimum absolute atomic E-state index is 0.159. The predicted molar refractivity (Wildman–Crippen MR) is 106 cm³/mol. The maximum absolute atomic E-state index is 13.1. The molecule has 0 spiro atoms. The van der Waals surface area contributed by atoms with Crippen LogP contribution in [-0.2, 0) is 0 Å². The SMILES string of the molecule is Cc1cc(C(=O)N2CCC(N(C)C)CC2)c(C)n1-c1cccc(Br)c1. The largest absolute Gasteiger partial charge is 0.338 e. The molecule has 0 atom stereocenters. The Kier molecular flexibility index (Phi) is 5.35. The highest BCUT2D eigenvalue weighted by molar-refractivity contribution is 9.10. The molecule has 0 radical (unpaired) electrons. The van der Waals surface area contributed by atoms with Gasteiger partial charge in [0, 0.05) is 40.7 Å². The van der Waals surface area contributed by atoms with E-state index in [4.69, 9.17) is 0 Å². The Morgan fingerprint density at radius 2 is 1.84 bits per heavy atom. The topological polar surface area (TPSA) is 28.5 Å². The number of halogens is 1. The van der Waals surface area contributed by atoms with E-state index in [1.165, 1.54) is 0 Å². The van der Waals surface area contributed by atoms with Crippen LogP contribution in [0.3, 0.4) is 0 Å². The van der Waals surface area contributed by atoms with E-state index in [0.29, 0.717) is 6.04 Å². The molecule has 1 aliphatic heterocycles. The van der Waals surface area contributed by atoms with Crippen LogP contribution in [0.5, 0.6) is 0 Å². The number of aromatic nitrogens is 1. The first-order valence-corrected chi connectivity index (χ1v) is 9.58. The summed E-state index contributed by atoms with van der Waals surface area (Å²) in [5, 5.41) is 0. The third kappa shape index (κ3) is 3.67. The van der Waals surface area contributed by atoms with Crippen molar-refractivity contribution >= 4 is 21.8 Å². The number of aryl methyl sites for hydroxylation is 1. The first-order chi connectivity index (χ1) is 11.9. The van der Waals surface area contributed by atoms with E-state index in [-0.39, 0.29) is 5.91 Å². The van der Waals surface area contributed by atoms with Crippen molar-refractivity contribution in [2.24, 2.45) is 0 Å². The minimum Gasteiger partial charge on any atom is -0.338 e. The molecule has 1 fully saturated rings. The number of carbonyl (C=O) groups is 1. The number of carbonyl (C=O) groups excluding carboxylic acids is 1. The average Bonchev–Trinajstić information content (AvgIpc) is 2.88. The molecule has 0 saturated carbocycles. The Morgan fingerprint density at radius 3 is 2.44 bits per heavy atom. The fourth-order valence-corrected chi connectivity index (χ4v) is 4.13. The summed E-state index contributed by atoms with van der Waals surface area (Å²) in [5.74, 6) is 0.159. The van der Waals surface area contributed by atoms with Gasteiger partial charge in [-0.15, -0.1) is 0 Å². The number of hydrogen-bond acceptors (Lipinski definition) is 2. The van der Waals surface area contributed by atoms with Crippen LogP contribution in [0.15, 0.2) is 34.8 Å². The molecule has 3 rings (SSSR count). The first-order valence-electron chi connectivity index (χ1n) is 8.79. The molecule has 1 saturated heterocycles. The van der Waals surface area contributed by atoms with Gasteiger partial charge in [0.2, 0.25) is 0 Å². The van der Waals surface area contributed by atoms with E-state index in [2.05, 4.69) is 58.5 Å². The van der Waals surface area contributed by atoms with Gasteiger partial charge in [0.15, 0.2) is 0 Å². The van der Waals surface area contributed by atoms with Gasteiger partial charge in [-0.1, -0.05) is 22.0 Å². The van der Waals surface area contributed by atoms with Crippen LogP contribution >= 0.6 is 15.9 Å². The van der Waals surface area contributed by atoms with Gasteiger partial charge in [-0.2, -0.15) is 0 Å². The lowest BCUT2D eigenvalue weighted by Crippen LogP contribution is -2.44. The molecule has 0 N–H and O–H groups in total. The van der Waals surface area contributed by atoms with Gasteiger partial charge < -0.3 is 14.4 Å². The molecule has 134 valence electrons. The first kappa shape index (κ1) is 18.2. The van der Waals surface area contributed by atoms with Crippen molar-refractivity contribution in [2.75, 3.05) is 27.2 Å². The van der Waals surface area contributed by atoms with E-state index < -0.39 is 0 Å². The highest BCUT2D eigenvalue weighted by atomic mass is 79.9. The fourth-order valence-electron chi connectivity index (χ4n) is 3.75. The maximum atomic E-state index is 13.1. The van der Waals surface area contributed by atoms with Crippen LogP contribution in [0, 0.1) is 13.8 Å². The second-order valence-electron chi connectivity index (χ2n) is 7.09. The Bertz CT molecular complexity index is 773. The molecule has 0 bridgehead atoms. The Labute approximate surface area is 158 Å². The molecule has 1 aromatic heterocycles. The van der Waals surface area contributed by atoms with Crippen LogP contribution in [0.25, 0.3) is 5.69 Å². The van der Waals surface area contributed by atoms with Gasteiger partial charge in [0.25, 0.3) is 5.91 Å². The Hall–Kier alpha value is -1.59. The molecule has 4 nitrogen and oxygen atoms in total. The zero-order valence-corrected chi connectivity index (χ0v) is 17.0. The lowest BCUT2D eigenvalue weighted by Gasteiger charge is -2.35. The van der Waals surface area contributed by atoms with Gasteiger partial charge in [-0.3, -0.25) is 4.79 Å². The van der Waals surface area contributed by atoms with Crippen molar-refractivity contribution in [2.45, 2.75) is 32.7 Å². The molecule has 1 aromatic carbocycles. The summed E-state index contributed by atoms with van der Waals surface area (Å²) in [4.78, 5) is 17.3. The lowest BCUT2D eigenvalue weighted by molar-refractivity contribution is 0.0662. The standard InChI is InChI=1S/C20H26BrN3O/c1-14-12-19(15(2)24(14)18-7-5-6-16(21)13-18)20(25)23-10-8-17(9-11-23)22(3)4/h5-7,12-13,17H,8-11H2,1-4H3. The smallest absolute Gasteiger partial charge is 0.255 e. The van der Waals surface area contributed by atoms with Crippen LogP contribution in [-0.4, -0.2) is 53.5 Å².